The Morgan fingerprint density at radius 1 is 1.56 bits per heavy atom. The summed E-state index contributed by atoms with van der Waals surface area (Å²) in [6, 6.07) is 4.32. The maximum atomic E-state index is 11.3. The number of ether oxygens (including phenoxy) is 1. The first-order valence-electron chi connectivity index (χ1n) is 4.28. The number of nitriles is 1. The number of nitrogens with zero attached hydrogens (tertiary/aromatic N) is 2. The van der Waals surface area contributed by atoms with E-state index in [4.69, 9.17) is 5.26 Å². The standard InChI is InChI=1S/C10H8N2O4/c1-6-3-7(5-11)4-8(10(13)16-2)9(6)12(14)15/h3-4H,1-2H3. The molecule has 0 aliphatic rings. The molecule has 0 atom stereocenters. The predicted octanol–water partition coefficient (Wildman–Crippen LogP) is 1.56. The Morgan fingerprint density at radius 3 is 2.62 bits per heavy atom. The largest absolute Gasteiger partial charge is 0.465 e. The van der Waals surface area contributed by atoms with Crippen molar-refractivity contribution < 1.29 is 14.5 Å². The highest BCUT2D eigenvalue weighted by atomic mass is 16.6. The van der Waals surface area contributed by atoms with Crippen molar-refractivity contribution in [3.8, 4) is 6.07 Å². The van der Waals surface area contributed by atoms with Gasteiger partial charge in [-0.25, -0.2) is 4.79 Å². The van der Waals surface area contributed by atoms with E-state index < -0.39 is 10.9 Å². The van der Waals surface area contributed by atoms with Crippen LogP contribution < -0.4 is 0 Å². The van der Waals surface area contributed by atoms with Gasteiger partial charge in [-0.2, -0.15) is 5.26 Å². The average molecular weight is 220 g/mol. The van der Waals surface area contributed by atoms with Crippen LogP contribution in [0.5, 0.6) is 0 Å². The minimum atomic E-state index is -0.827. The van der Waals surface area contributed by atoms with Crippen LogP contribution >= 0.6 is 0 Å². The molecule has 16 heavy (non-hydrogen) atoms. The summed E-state index contributed by atoms with van der Waals surface area (Å²) in [5.74, 6) is -0.827. The quantitative estimate of drug-likeness (QED) is 0.428. The molecule has 0 aromatic heterocycles. The summed E-state index contributed by atoms with van der Waals surface area (Å²) in [7, 11) is 1.13. The van der Waals surface area contributed by atoms with Gasteiger partial charge in [0.05, 0.1) is 23.7 Å². The SMILES string of the molecule is COC(=O)c1cc(C#N)cc(C)c1[N+](=O)[O-]. The van der Waals surface area contributed by atoms with E-state index in [9.17, 15) is 14.9 Å². The molecule has 0 aliphatic heterocycles. The fraction of sp³-hybridized carbons (Fsp3) is 0.200. The summed E-state index contributed by atoms with van der Waals surface area (Å²) in [6.45, 7) is 1.46. The van der Waals surface area contributed by atoms with Gasteiger partial charge >= 0.3 is 5.97 Å². The number of carbonyl (C=O) groups is 1. The lowest BCUT2D eigenvalue weighted by Gasteiger charge is -2.04. The fourth-order valence-electron chi connectivity index (χ4n) is 1.35. The van der Waals surface area contributed by atoms with E-state index in [-0.39, 0.29) is 22.4 Å². The Bertz CT molecular complexity index is 502. The second kappa shape index (κ2) is 4.40. The molecule has 0 spiro atoms. The van der Waals surface area contributed by atoms with Gasteiger partial charge < -0.3 is 4.74 Å². The molecule has 0 unspecified atom stereocenters. The van der Waals surface area contributed by atoms with Gasteiger partial charge in [0.2, 0.25) is 0 Å². The van der Waals surface area contributed by atoms with Crippen molar-refractivity contribution in [1.82, 2.24) is 0 Å². The number of methoxy groups -OCH3 is 1. The molecule has 0 aliphatic carbocycles. The zero-order valence-electron chi connectivity index (χ0n) is 8.68. The maximum Gasteiger partial charge on any atom is 0.344 e. The zero-order valence-corrected chi connectivity index (χ0v) is 8.68. The second-order valence-electron chi connectivity index (χ2n) is 3.05. The van der Waals surface area contributed by atoms with Crippen molar-refractivity contribution in [2.45, 2.75) is 6.92 Å². The number of benzene rings is 1. The smallest absolute Gasteiger partial charge is 0.344 e. The highest BCUT2D eigenvalue weighted by molar-refractivity contribution is 5.95. The van der Waals surface area contributed by atoms with E-state index in [1.165, 1.54) is 13.0 Å². The molecular formula is C10H8N2O4. The van der Waals surface area contributed by atoms with Gasteiger partial charge in [-0.15, -0.1) is 0 Å². The van der Waals surface area contributed by atoms with Crippen LogP contribution in [-0.2, 0) is 4.74 Å². The summed E-state index contributed by atoms with van der Waals surface area (Å²) >= 11 is 0. The Balaban J connectivity index is 3.54. The van der Waals surface area contributed by atoms with Crippen LogP contribution in [0.25, 0.3) is 0 Å². The molecule has 1 aromatic rings. The molecular weight excluding hydrogens is 212 g/mol. The summed E-state index contributed by atoms with van der Waals surface area (Å²) in [6.07, 6.45) is 0. The molecule has 6 heteroatoms. The number of nitro benzene ring substituents is 1. The van der Waals surface area contributed by atoms with Crippen LogP contribution in [0.4, 0.5) is 5.69 Å². The fourth-order valence-corrected chi connectivity index (χ4v) is 1.35. The van der Waals surface area contributed by atoms with Crippen LogP contribution in [0, 0.1) is 28.4 Å². The first-order valence-corrected chi connectivity index (χ1v) is 4.28. The normalized spacial score (nSPS) is 9.31. The number of esters is 1. The number of rotatable bonds is 2. The molecule has 0 N–H and O–H groups in total. The van der Waals surface area contributed by atoms with E-state index in [0.717, 1.165) is 13.2 Å². The van der Waals surface area contributed by atoms with E-state index in [1.807, 2.05) is 6.07 Å². The molecule has 0 saturated heterocycles. The average Bonchev–Trinajstić information content (AvgIpc) is 2.26. The van der Waals surface area contributed by atoms with E-state index in [2.05, 4.69) is 4.74 Å². The van der Waals surface area contributed by atoms with Gasteiger partial charge in [0.1, 0.15) is 5.56 Å². The summed E-state index contributed by atoms with van der Waals surface area (Å²) < 4.78 is 4.43. The predicted molar refractivity (Wildman–Crippen MR) is 53.9 cm³/mol. The van der Waals surface area contributed by atoms with Crippen molar-refractivity contribution in [1.29, 1.82) is 5.26 Å². The van der Waals surface area contributed by atoms with Crippen LogP contribution in [0.1, 0.15) is 21.5 Å². The van der Waals surface area contributed by atoms with Gasteiger partial charge in [-0.05, 0) is 19.1 Å². The maximum absolute atomic E-state index is 11.3. The van der Waals surface area contributed by atoms with Crippen LogP contribution in [0.15, 0.2) is 12.1 Å². The molecule has 0 fully saturated rings. The first kappa shape index (κ1) is 11.7. The Hall–Kier alpha value is -2.42. The number of carbonyl (C=O) groups excluding carboxylic acids is 1. The molecule has 82 valence electrons. The lowest BCUT2D eigenvalue weighted by Crippen LogP contribution is -2.07. The lowest BCUT2D eigenvalue weighted by molar-refractivity contribution is -0.385. The third-order valence-electron chi connectivity index (χ3n) is 2.02. The molecule has 1 rings (SSSR count). The third-order valence-corrected chi connectivity index (χ3v) is 2.02. The molecule has 0 amide bonds. The minimum Gasteiger partial charge on any atom is -0.465 e. The molecule has 0 saturated carbocycles. The Kier molecular flexibility index (Phi) is 3.20. The van der Waals surface area contributed by atoms with Gasteiger partial charge in [0.25, 0.3) is 5.69 Å². The number of hydrogen-bond donors (Lipinski definition) is 0. The second-order valence-corrected chi connectivity index (χ2v) is 3.05. The van der Waals surface area contributed by atoms with E-state index in [0.29, 0.717) is 0 Å². The molecule has 1 aromatic carbocycles. The monoisotopic (exact) mass is 220 g/mol. The summed E-state index contributed by atoms with van der Waals surface area (Å²) in [4.78, 5) is 21.4. The van der Waals surface area contributed by atoms with Gasteiger partial charge in [0, 0.05) is 5.56 Å². The molecule has 0 heterocycles. The summed E-state index contributed by atoms with van der Waals surface area (Å²) in [5.41, 5.74) is -0.0946. The minimum absolute atomic E-state index is 0.184. The van der Waals surface area contributed by atoms with Crippen LogP contribution in [-0.4, -0.2) is 18.0 Å². The van der Waals surface area contributed by atoms with Crippen molar-refractivity contribution in [2.75, 3.05) is 7.11 Å². The van der Waals surface area contributed by atoms with Crippen molar-refractivity contribution in [2.24, 2.45) is 0 Å². The zero-order chi connectivity index (χ0) is 12.3. The van der Waals surface area contributed by atoms with Crippen LogP contribution in [0.3, 0.4) is 0 Å². The van der Waals surface area contributed by atoms with Crippen LogP contribution in [0.2, 0.25) is 0 Å². The van der Waals surface area contributed by atoms with Crippen molar-refractivity contribution in [3.63, 3.8) is 0 Å². The first-order chi connectivity index (χ1) is 7.51. The lowest BCUT2D eigenvalue weighted by atomic mass is 10.0. The summed E-state index contributed by atoms with van der Waals surface area (Å²) in [5, 5.41) is 19.5. The highest BCUT2D eigenvalue weighted by Crippen LogP contribution is 2.25. The van der Waals surface area contributed by atoms with Gasteiger partial charge in [-0.3, -0.25) is 10.1 Å². The van der Waals surface area contributed by atoms with Gasteiger partial charge in [0.15, 0.2) is 0 Å². The van der Waals surface area contributed by atoms with Gasteiger partial charge in [-0.1, -0.05) is 0 Å². The third kappa shape index (κ3) is 1.98. The number of nitro groups is 1. The Labute approximate surface area is 91.2 Å². The molecule has 0 bridgehead atoms. The topological polar surface area (TPSA) is 93.2 Å². The molecule has 6 nitrogen and oxygen atoms in total. The number of aryl methyl sites for hydroxylation is 1. The number of hydrogen-bond acceptors (Lipinski definition) is 5. The van der Waals surface area contributed by atoms with Crippen molar-refractivity contribution in [3.05, 3.63) is 38.9 Å². The van der Waals surface area contributed by atoms with Crippen molar-refractivity contribution >= 4 is 11.7 Å². The highest BCUT2D eigenvalue weighted by Gasteiger charge is 2.24. The Morgan fingerprint density at radius 2 is 2.19 bits per heavy atom. The molecule has 0 radical (unpaired) electrons. The van der Waals surface area contributed by atoms with E-state index >= 15 is 0 Å². The van der Waals surface area contributed by atoms with E-state index in [1.54, 1.807) is 0 Å².